The second-order valence-electron chi connectivity index (χ2n) is 6.72. The van der Waals surface area contributed by atoms with Crippen molar-refractivity contribution in [1.29, 1.82) is 5.41 Å². The number of anilines is 1. The maximum atomic E-state index is 15.2. The molecule has 0 radical (unpaired) electrons. The van der Waals surface area contributed by atoms with E-state index in [2.05, 4.69) is 5.32 Å². The van der Waals surface area contributed by atoms with E-state index in [4.69, 9.17) is 25.4 Å². The van der Waals surface area contributed by atoms with Gasteiger partial charge in [0.2, 0.25) is 0 Å². The lowest BCUT2D eigenvalue weighted by molar-refractivity contribution is -0.138. The molecule has 0 bridgehead atoms. The van der Waals surface area contributed by atoms with Crippen LogP contribution in [-0.4, -0.2) is 36.4 Å². The van der Waals surface area contributed by atoms with Crippen molar-refractivity contribution in [3.05, 3.63) is 53.3 Å². The molecule has 1 aliphatic rings. The summed E-state index contributed by atoms with van der Waals surface area (Å²) in [6.07, 6.45) is 0.843. The number of carbonyl (C=O) groups is 1. The van der Waals surface area contributed by atoms with Gasteiger partial charge in [-0.2, -0.15) is 0 Å². The van der Waals surface area contributed by atoms with Crippen molar-refractivity contribution < 1.29 is 28.5 Å². The van der Waals surface area contributed by atoms with E-state index in [-0.39, 0.29) is 17.1 Å². The van der Waals surface area contributed by atoms with E-state index < -0.39 is 24.1 Å². The Morgan fingerprint density at radius 3 is 2.70 bits per heavy atom. The summed E-state index contributed by atoms with van der Waals surface area (Å²) in [5.41, 5.74) is 6.22. The Kier molecular flexibility index (Phi) is 6.73. The third-order valence-corrected chi connectivity index (χ3v) is 4.56. The van der Waals surface area contributed by atoms with Crippen molar-refractivity contribution in [2.75, 3.05) is 18.5 Å². The van der Waals surface area contributed by atoms with E-state index in [0.29, 0.717) is 36.6 Å². The van der Waals surface area contributed by atoms with E-state index in [1.54, 1.807) is 31.2 Å². The van der Waals surface area contributed by atoms with Crippen LogP contribution < -0.4 is 20.5 Å². The average Bonchev–Trinajstić information content (AvgIpc) is 3.22. The van der Waals surface area contributed by atoms with E-state index in [0.717, 1.165) is 6.42 Å². The van der Waals surface area contributed by atoms with Crippen LogP contribution in [0.4, 0.5) is 10.1 Å². The van der Waals surface area contributed by atoms with Crippen LogP contribution in [0.5, 0.6) is 11.5 Å². The van der Waals surface area contributed by atoms with Gasteiger partial charge in [0, 0.05) is 29.3 Å². The average molecular weight is 417 g/mol. The molecule has 9 heteroatoms. The maximum Gasteiger partial charge on any atom is 0.330 e. The number of aliphatic carboxylic acids is 1. The second kappa shape index (κ2) is 9.45. The molecular formula is C21H24FN3O5. The number of hydrogen-bond donors (Lipinski definition) is 4. The fourth-order valence-corrected chi connectivity index (χ4v) is 3.11. The van der Waals surface area contributed by atoms with Gasteiger partial charge >= 0.3 is 5.97 Å². The molecule has 8 nitrogen and oxygen atoms in total. The normalized spacial score (nSPS) is 16.7. The van der Waals surface area contributed by atoms with Crippen LogP contribution in [0.1, 0.15) is 36.9 Å². The number of halogens is 1. The number of nitrogens with two attached hydrogens (primary N) is 1. The summed E-state index contributed by atoms with van der Waals surface area (Å²) in [6.45, 7) is 2.62. The molecule has 0 amide bonds. The number of rotatable bonds is 9. The van der Waals surface area contributed by atoms with Gasteiger partial charge in [-0.15, -0.1) is 0 Å². The van der Waals surface area contributed by atoms with Crippen LogP contribution in [0.15, 0.2) is 36.4 Å². The number of hydrogen-bond acceptors (Lipinski definition) is 6. The lowest BCUT2D eigenvalue weighted by Gasteiger charge is -2.21. The summed E-state index contributed by atoms with van der Waals surface area (Å²) in [7, 11) is 0. The lowest BCUT2D eigenvalue weighted by atomic mass is 10.0. The first-order chi connectivity index (χ1) is 14.4. The fourth-order valence-electron chi connectivity index (χ4n) is 3.11. The first-order valence-corrected chi connectivity index (χ1v) is 9.57. The van der Waals surface area contributed by atoms with Gasteiger partial charge in [-0.25, -0.2) is 9.18 Å². The number of carboxylic acid groups (broad SMARTS) is 1. The van der Waals surface area contributed by atoms with Crippen molar-refractivity contribution in [2.24, 2.45) is 5.73 Å². The van der Waals surface area contributed by atoms with Gasteiger partial charge in [0.25, 0.3) is 0 Å². The Morgan fingerprint density at radius 2 is 2.13 bits per heavy atom. The molecule has 30 heavy (non-hydrogen) atoms. The monoisotopic (exact) mass is 417 g/mol. The van der Waals surface area contributed by atoms with Gasteiger partial charge in [-0.05, 0) is 43.7 Å². The van der Waals surface area contributed by atoms with Crippen molar-refractivity contribution in [3.63, 3.8) is 0 Å². The summed E-state index contributed by atoms with van der Waals surface area (Å²) in [4.78, 5) is 12.0. The molecule has 0 aromatic heterocycles. The van der Waals surface area contributed by atoms with Gasteiger partial charge in [0.05, 0.1) is 13.2 Å². The molecule has 2 atom stereocenters. The zero-order valence-corrected chi connectivity index (χ0v) is 16.5. The zero-order valence-electron chi connectivity index (χ0n) is 16.5. The number of nitrogens with one attached hydrogen (secondary N) is 2. The fraction of sp³-hybridized carbons (Fsp3) is 0.333. The molecule has 1 saturated heterocycles. The molecular weight excluding hydrogens is 393 g/mol. The summed E-state index contributed by atoms with van der Waals surface area (Å²) in [6, 6.07) is 7.62. The van der Waals surface area contributed by atoms with Crippen LogP contribution in [0.25, 0.3) is 0 Å². The largest absolute Gasteiger partial charge is 0.494 e. The summed E-state index contributed by atoms with van der Waals surface area (Å²) in [5.74, 6) is -2.01. The molecule has 160 valence electrons. The SMILES string of the molecule is CCOc1cc(OC2CCCO2)c(F)c([C@@H](Nc2ccc(C(=N)N)cc2)C(=O)O)c1. The van der Waals surface area contributed by atoms with Crippen LogP contribution in [0.3, 0.4) is 0 Å². The predicted octanol–water partition coefficient (Wildman–Crippen LogP) is 3.26. The highest BCUT2D eigenvalue weighted by Gasteiger charge is 2.28. The smallest absolute Gasteiger partial charge is 0.330 e. The first kappa shape index (κ1) is 21.4. The molecule has 1 fully saturated rings. The van der Waals surface area contributed by atoms with Crippen LogP contribution in [0.2, 0.25) is 0 Å². The van der Waals surface area contributed by atoms with Crippen molar-refractivity contribution in [1.82, 2.24) is 0 Å². The Labute approximate surface area is 173 Å². The van der Waals surface area contributed by atoms with Gasteiger partial charge in [-0.3, -0.25) is 5.41 Å². The van der Waals surface area contributed by atoms with E-state index >= 15 is 4.39 Å². The van der Waals surface area contributed by atoms with Gasteiger partial charge < -0.3 is 30.4 Å². The minimum absolute atomic E-state index is 0.109. The molecule has 3 rings (SSSR count). The van der Waals surface area contributed by atoms with Crippen LogP contribution in [-0.2, 0) is 9.53 Å². The molecule has 1 aliphatic heterocycles. The molecule has 0 saturated carbocycles. The highest BCUT2D eigenvalue weighted by molar-refractivity contribution is 5.95. The Morgan fingerprint density at radius 1 is 1.40 bits per heavy atom. The summed E-state index contributed by atoms with van der Waals surface area (Å²) < 4.78 is 31.7. The molecule has 2 aromatic rings. The van der Waals surface area contributed by atoms with Crippen molar-refractivity contribution in [2.45, 2.75) is 32.1 Å². The quantitative estimate of drug-likeness (QED) is 0.364. The minimum Gasteiger partial charge on any atom is -0.494 e. The lowest BCUT2D eigenvalue weighted by Crippen LogP contribution is -2.23. The summed E-state index contributed by atoms with van der Waals surface area (Å²) in [5, 5.41) is 20.0. The van der Waals surface area contributed by atoms with Gasteiger partial charge in [-0.1, -0.05) is 0 Å². The molecule has 5 N–H and O–H groups in total. The van der Waals surface area contributed by atoms with Crippen molar-refractivity contribution in [3.8, 4) is 11.5 Å². The second-order valence-corrected chi connectivity index (χ2v) is 6.72. The zero-order chi connectivity index (χ0) is 21.7. The Hall–Kier alpha value is -3.33. The molecule has 1 unspecified atom stereocenters. The van der Waals surface area contributed by atoms with Gasteiger partial charge in [0.1, 0.15) is 11.6 Å². The number of ether oxygens (including phenoxy) is 3. The highest BCUT2D eigenvalue weighted by Crippen LogP contribution is 2.34. The third kappa shape index (κ3) is 4.98. The highest BCUT2D eigenvalue weighted by atomic mass is 19.1. The number of nitrogen functional groups attached to an aromatic ring is 1. The first-order valence-electron chi connectivity index (χ1n) is 9.57. The number of carboxylic acids is 1. The topological polar surface area (TPSA) is 127 Å². The van der Waals surface area contributed by atoms with Crippen LogP contribution in [0, 0.1) is 11.2 Å². The summed E-state index contributed by atoms with van der Waals surface area (Å²) >= 11 is 0. The molecule has 0 spiro atoms. The maximum absolute atomic E-state index is 15.2. The van der Waals surface area contributed by atoms with Crippen LogP contribution >= 0.6 is 0 Å². The Bertz CT molecular complexity index is 914. The molecule has 1 heterocycles. The van der Waals surface area contributed by atoms with Gasteiger partial charge in [0.15, 0.2) is 23.9 Å². The van der Waals surface area contributed by atoms with E-state index in [1.165, 1.54) is 12.1 Å². The standard InChI is InChI=1S/C21H24FN3O5/c1-2-28-14-10-15(18(22)16(11-14)30-17-4-3-9-29-17)19(21(26)27)25-13-7-5-12(6-8-13)20(23)24/h5-8,10-11,17,19,25H,2-4,9H2,1H3,(H3,23,24)(H,26,27)/t17?,19-/m1/s1. The molecule has 0 aliphatic carbocycles. The minimum atomic E-state index is -1.40. The molecule has 2 aromatic carbocycles. The van der Waals surface area contributed by atoms with E-state index in [9.17, 15) is 9.90 Å². The number of benzene rings is 2. The number of amidine groups is 1. The van der Waals surface area contributed by atoms with E-state index in [1.807, 2.05) is 0 Å². The van der Waals surface area contributed by atoms with Crippen molar-refractivity contribution >= 4 is 17.5 Å². The Balaban J connectivity index is 1.94. The third-order valence-electron chi connectivity index (χ3n) is 4.56. The predicted molar refractivity (Wildman–Crippen MR) is 109 cm³/mol.